The number of nitrogen functional groups attached to an aromatic ring is 1. The first-order chi connectivity index (χ1) is 8.00. The van der Waals surface area contributed by atoms with Crippen LogP contribution in [-0.4, -0.2) is 13.0 Å². The molecule has 0 radical (unpaired) electrons. The number of nitrogens with two attached hydrogens (primary N) is 1. The Morgan fingerprint density at radius 2 is 2.18 bits per heavy atom. The van der Waals surface area contributed by atoms with Gasteiger partial charge in [-0.3, -0.25) is 4.79 Å². The number of anilines is 2. The van der Waals surface area contributed by atoms with Gasteiger partial charge in [0.2, 0.25) is 5.91 Å². The summed E-state index contributed by atoms with van der Waals surface area (Å²) >= 11 is 3.36. The van der Waals surface area contributed by atoms with E-state index in [2.05, 4.69) is 15.9 Å². The minimum atomic E-state index is 0.100. The Morgan fingerprint density at radius 3 is 2.71 bits per heavy atom. The van der Waals surface area contributed by atoms with E-state index in [1.54, 1.807) is 11.9 Å². The summed E-state index contributed by atoms with van der Waals surface area (Å²) in [5.74, 6) is 0.825. The lowest BCUT2D eigenvalue weighted by Gasteiger charge is -2.22. The van der Waals surface area contributed by atoms with Gasteiger partial charge in [-0.15, -0.1) is 0 Å². The summed E-state index contributed by atoms with van der Waals surface area (Å²) < 4.78 is 0.926. The van der Waals surface area contributed by atoms with Gasteiger partial charge in [-0.05, 0) is 37.0 Å². The first kappa shape index (κ1) is 12.4. The highest BCUT2D eigenvalue weighted by molar-refractivity contribution is 9.10. The SMILES string of the molecule is CC(C(=O)N(C)c1ccc(Br)cc1N)C1CC1. The molecule has 2 rings (SSSR count). The third-order valence-corrected chi connectivity index (χ3v) is 3.89. The second kappa shape index (κ2) is 4.69. The number of carbonyl (C=O) groups excluding carboxylic acids is 1. The molecule has 0 aromatic heterocycles. The Hall–Kier alpha value is -1.03. The van der Waals surface area contributed by atoms with Crippen molar-refractivity contribution in [2.45, 2.75) is 19.8 Å². The molecule has 92 valence electrons. The molecule has 1 aliphatic rings. The smallest absolute Gasteiger partial charge is 0.229 e. The summed E-state index contributed by atoms with van der Waals surface area (Å²) in [5.41, 5.74) is 7.33. The highest BCUT2D eigenvalue weighted by atomic mass is 79.9. The molecular weight excluding hydrogens is 280 g/mol. The second-order valence-corrected chi connectivity index (χ2v) is 5.64. The van der Waals surface area contributed by atoms with Crippen LogP contribution in [0, 0.1) is 11.8 Å². The average Bonchev–Trinajstić information content (AvgIpc) is 3.10. The lowest BCUT2D eigenvalue weighted by Crippen LogP contribution is -2.33. The molecule has 4 heteroatoms. The second-order valence-electron chi connectivity index (χ2n) is 4.73. The monoisotopic (exact) mass is 296 g/mol. The summed E-state index contributed by atoms with van der Waals surface area (Å²) in [5, 5.41) is 0. The van der Waals surface area contributed by atoms with Crippen LogP contribution in [0.4, 0.5) is 11.4 Å². The van der Waals surface area contributed by atoms with Gasteiger partial charge < -0.3 is 10.6 Å². The van der Waals surface area contributed by atoms with Crippen LogP contribution in [0.1, 0.15) is 19.8 Å². The van der Waals surface area contributed by atoms with Crippen LogP contribution in [0.5, 0.6) is 0 Å². The number of hydrogen-bond donors (Lipinski definition) is 1. The fourth-order valence-corrected chi connectivity index (χ4v) is 2.43. The van der Waals surface area contributed by atoms with Gasteiger partial charge in [0, 0.05) is 17.4 Å². The largest absolute Gasteiger partial charge is 0.397 e. The minimum Gasteiger partial charge on any atom is -0.397 e. The zero-order valence-electron chi connectivity index (χ0n) is 10.1. The summed E-state index contributed by atoms with van der Waals surface area (Å²) in [6.45, 7) is 2.01. The fraction of sp³-hybridized carbons (Fsp3) is 0.462. The first-order valence-electron chi connectivity index (χ1n) is 5.83. The van der Waals surface area contributed by atoms with Gasteiger partial charge >= 0.3 is 0 Å². The molecule has 1 aromatic carbocycles. The number of benzene rings is 1. The molecule has 1 fully saturated rings. The lowest BCUT2D eigenvalue weighted by molar-refractivity contribution is -0.122. The van der Waals surface area contributed by atoms with Crippen LogP contribution in [-0.2, 0) is 4.79 Å². The number of amides is 1. The Balaban J connectivity index is 2.17. The molecule has 0 saturated heterocycles. The van der Waals surface area contributed by atoms with E-state index < -0.39 is 0 Å². The van der Waals surface area contributed by atoms with Crippen molar-refractivity contribution in [2.24, 2.45) is 11.8 Å². The van der Waals surface area contributed by atoms with E-state index in [4.69, 9.17) is 5.73 Å². The van der Waals surface area contributed by atoms with Crippen molar-refractivity contribution in [3.05, 3.63) is 22.7 Å². The van der Waals surface area contributed by atoms with E-state index in [1.165, 1.54) is 12.8 Å². The van der Waals surface area contributed by atoms with E-state index >= 15 is 0 Å². The summed E-state index contributed by atoms with van der Waals surface area (Å²) in [7, 11) is 1.79. The number of carbonyl (C=O) groups is 1. The molecule has 3 nitrogen and oxygen atoms in total. The summed E-state index contributed by atoms with van der Waals surface area (Å²) in [4.78, 5) is 13.9. The summed E-state index contributed by atoms with van der Waals surface area (Å²) in [6, 6.07) is 5.59. The maximum absolute atomic E-state index is 12.2. The van der Waals surface area contributed by atoms with Gasteiger partial charge in [0.1, 0.15) is 0 Å². The van der Waals surface area contributed by atoms with Crippen LogP contribution in [0.2, 0.25) is 0 Å². The molecule has 1 saturated carbocycles. The highest BCUT2D eigenvalue weighted by Gasteiger charge is 2.34. The van der Waals surface area contributed by atoms with Crippen molar-refractivity contribution in [1.29, 1.82) is 0 Å². The van der Waals surface area contributed by atoms with Gasteiger partial charge in [0.15, 0.2) is 0 Å². The lowest BCUT2D eigenvalue weighted by atomic mass is 10.0. The van der Waals surface area contributed by atoms with E-state index in [-0.39, 0.29) is 11.8 Å². The molecule has 0 aliphatic heterocycles. The van der Waals surface area contributed by atoms with Crippen molar-refractivity contribution < 1.29 is 4.79 Å². The molecule has 1 unspecified atom stereocenters. The van der Waals surface area contributed by atoms with Crippen molar-refractivity contribution in [3.8, 4) is 0 Å². The maximum Gasteiger partial charge on any atom is 0.229 e. The van der Waals surface area contributed by atoms with E-state index in [1.807, 2.05) is 25.1 Å². The molecule has 1 aliphatic carbocycles. The topological polar surface area (TPSA) is 46.3 Å². The van der Waals surface area contributed by atoms with Crippen LogP contribution in [0.15, 0.2) is 22.7 Å². The Bertz CT molecular complexity index is 443. The molecule has 17 heavy (non-hydrogen) atoms. The third-order valence-electron chi connectivity index (χ3n) is 3.40. The van der Waals surface area contributed by atoms with Gasteiger partial charge in [-0.25, -0.2) is 0 Å². The normalized spacial score (nSPS) is 16.6. The van der Waals surface area contributed by atoms with Crippen LogP contribution in [0.3, 0.4) is 0 Å². The standard InChI is InChI=1S/C13H17BrN2O/c1-8(9-3-4-9)13(17)16(2)12-6-5-10(14)7-11(12)15/h5-9H,3-4,15H2,1-2H3. The zero-order valence-corrected chi connectivity index (χ0v) is 11.7. The minimum absolute atomic E-state index is 0.100. The fourth-order valence-electron chi connectivity index (χ4n) is 2.05. The van der Waals surface area contributed by atoms with Crippen molar-refractivity contribution in [2.75, 3.05) is 17.7 Å². The molecule has 0 heterocycles. The number of nitrogens with zero attached hydrogens (tertiary/aromatic N) is 1. The Labute approximate surface area is 110 Å². The van der Waals surface area contributed by atoms with Crippen molar-refractivity contribution in [3.63, 3.8) is 0 Å². The number of rotatable bonds is 3. The van der Waals surface area contributed by atoms with E-state index in [0.717, 1.165) is 10.2 Å². The van der Waals surface area contributed by atoms with E-state index in [9.17, 15) is 4.79 Å². The predicted molar refractivity (Wildman–Crippen MR) is 73.9 cm³/mol. The van der Waals surface area contributed by atoms with Crippen LogP contribution in [0.25, 0.3) is 0 Å². The predicted octanol–water partition coefficient (Wildman–Crippen LogP) is 3.04. The van der Waals surface area contributed by atoms with Gasteiger partial charge in [0.25, 0.3) is 0 Å². The Morgan fingerprint density at radius 1 is 1.53 bits per heavy atom. The van der Waals surface area contributed by atoms with Crippen LogP contribution >= 0.6 is 15.9 Å². The summed E-state index contributed by atoms with van der Waals surface area (Å²) in [6.07, 6.45) is 2.35. The highest BCUT2D eigenvalue weighted by Crippen LogP contribution is 2.38. The number of halogens is 1. The number of hydrogen-bond acceptors (Lipinski definition) is 2. The van der Waals surface area contributed by atoms with Crippen LogP contribution < -0.4 is 10.6 Å². The van der Waals surface area contributed by atoms with E-state index in [0.29, 0.717) is 11.6 Å². The van der Waals surface area contributed by atoms with Gasteiger partial charge in [0.05, 0.1) is 11.4 Å². The third kappa shape index (κ3) is 2.63. The van der Waals surface area contributed by atoms with Gasteiger partial charge in [-0.1, -0.05) is 22.9 Å². The molecule has 1 amide bonds. The quantitative estimate of drug-likeness (QED) is 0.872. The molecular formula is C13H17BrN2O. The molecule has 0 bridgehead atoms. The van der Waals surface area contributed by atoms with Crippen molar-refractivity contribution >= 4 is 33.2 Å². The first-order valence-corrected chi connectivity index (χ1v) is 6.62. The molecule has 0 spiro atoms. The average molecular weight is 297 g/mol. The zero-order chi connectivity index (χ0) is 12.6. The molecule has 1 aromatic rings. The maximum atomic E-state index is 12.2. The molecule has 2 N–H and O–H groups in total. The van der Waals surface area contributed by atoms with Gasteiger partial charge in [-0.2, -0.15) is 0 Å². The molecule has 1 atom stereocenters. The van der Waals surface area contributed by atoms with Crippen molar-refractivity contribution in [1.82, 2.24) is 0 Å². The Kier molecular flexibility index (Phi) is 3.43.